The Balaban J connectivity index is 1.69. The average Bonchev–Trinajstić information content (AvgIpc) is 3.15. The molecule has 0 aliphatic carbocycles. The van der Waals surface area contributed by atoms with E-state index in [2.05, 4.69) is 4.98 Å². The first-order chi connectivity index (χ1) is 14.3. The highest BCUT2D eigenvalue weighted by atomic mass is 16.7. The highest BCUT2D eigenvalue weighted by molar-refractivity contribution is 5.89. The molecule has 0 unspecified atom stereocenters. The largest absolute Gasteiger partial charge is 0.454 e. The van der Waals surface area contributed by atoms with E-state index in [-0.39, 0.29) is 5.75 Å². The lowest BCUT2D eigenvalue weighted by molar-refractivity contribution is -0.385. The van der Waals surface area contributed by atoms with E-state index in [9.17, 15) is 25.5 Å². The van der Waals surface area contributed by atoms with Gasteiger partial charge >= 0.3 is 0 Å². The van der Waals surface area contributed by atoms with Crippen molar-refractivity contribution in [3.05, 3.63) is 65.4 Å². The van der Waals surface area contributed by atoms with E-state index in [4.69, 9.17) is 9.47 Å². The van der Waals surface area contributed by atoms with Crippen LogP contribution in [0.15, 0.2) is 48.7 Å². The number of benzene rings is 2. The van der Waals surface area contributed by atoms with Crippen LogP contribution in [0.4, 0.5) is 0 Å². The van der Waals surface area contributed by atoms with Gasteiger partial charge in [-0.25, -0.2) is 0 Å². The van der Waals surface area contributed by atoms with Crippen molar-refractivity contribution in [2.75, 3.05) is 6.61 Å². The lowest BCUT2D eigenvalue weighted by Gasteiger charge is -2.45. The van der Waals surface area contributed by atoms with Crippen molar-refractivity contribution >= 4 is 10.9 Å². The Morgan fingerprint density at radius 1 is 1.10 bits per heavy atom. The topological polar surface area (TPSA) is 135 Å². The van der Waals surface area contributed by atoms with Crippen LogP contribution in [-0.4, -0.2) is 67.5 Å². The van der Waals surface area contributed by atoms with Gasteiger partial charge < -0.3 is 40.0 Å². The number of rotatable bonds is 5. The monoisotopic (exact) mass is 415 g/mol. The van der Waals surface area contributed by atoms with Gasteiger partial charge in [-0.1, -0.05) is 35.9 Å². The second kappa shape index (κ2) is 7.99. The molecule has 1 aliphatic rings. The summed E-state index contributed by atoms with van der Waals surface area (Å²) in [5.74, 6) is -2.42. The molecule has 0 bridgehead atoms. The van der Waals surface area contributed by atoms with Crippen molar-refractivity contribution in [3.8, 4) is 5.75 Å². The first-order valence-electron chi connectivity index (χ1n) is 9.70. The van der Waals surface area contributed by atoms with Gasteiger partial charge in [0.1, 0.15) is 18.0 Å². The molecule has 4 rings (SSSR count). The molecule has 1 fully saturated rings. The molecule has 30 heavy (non-hydrogen) atoms. The van der Waals surface area contributed by atoms with Crippen molar-refractivity contribution in [1.82, 2.24) is 4.98 Å². The third-order valence-electron chi connectivity index (χ3n) is 5.50. The number of aliphatic hydroxyl groups excluding tert-OH is 4. The molecular weight excluding hydrogens is 390 g/mol. The number of nitrogens with one attached hydrogen (secondary N) is 1. The number of H-pyrrole nitrogens is 1. The van der Waals surface area contributed by atoms with Gasteiger partial charge in [-0.15, -0.1) is 0 Å². The van der Waals surface area contributed by atoms with Crippen LogP contribution in [0.2, 0.25) is 0 Å². The van der Waals surface area contributed by atoms with Crippen LogP contribution in [0.25, 0.3) is 10.9 Å². The molecule has 2 aromatic carbocycles. The normalized spacial score (nSPS) is 29.3. The predicted molar refractivity (Wildman–Crippen MR) is 108 cm³/mol. The third kappa shape index (κ3) is 3.58. The summed E-state index contributed by atoms with van der Waals surface area (Å²) in [6.45, 7) is 1.38. The first-order valence-corrected chi connectivity index (χ1v) is 9.70. The minimum absolute atomic E-state index is 0.203. The number of aromatic nitrogens is 1. The number of fused-ring (bicyclic) bond motifs is 1. The van der Waals surface area contributed by atoms with E-state index in [0.717, 1.165) is 22.2 Å². The molecule has 0 amide bonds. The molecule has 8 heteroatoms. The van der Waals surface area contributed by atoms with Gasteiger partial charge in [0.2, 0.25) is 6.29 Å². The van der Waals surface area contributed by atoms with E-state index in [1.807, 2.05) is 43.5 Å². The maximum atomic E-state index is 10.9. The molecule has 160 valence electrons. The lowest BCUT2D eigenvalue weighted by atomic mass is 9.95. The number of hydrogen-bond donors (Lipinski definition) is 6. The summed E-state index contributed by atoms with van der Waals surface area (Å²) in [6.07, 6.45) is -4.37. The number of ether oxygens (including phenoxy) is 2. The van der Waals surface area contributed by atoms with Crippen LogP contribution in [0.3, 0.4) is 0 Å². The fourth-order valence-electron chi connectivity index (χ4n) is 3.75. The van der Waals surface area contributed by atoms with Gasteiger partial charge in [0.25, 0.3) is 5.79 Å². The number of aryl methyl sites for hydroxylation is 1. The maximum absolute atomic E-state index is 10.9. The molecule has 1 saturated heterocycles. The Morgan fingerprint density at radius 3 is 2.53 bits per heavy atom. The second-order valence-corrected chi connectivity index (χ2v) is 7.65. The Hall–Kier alpha value is -2.46. The minimum Gasteiger partial charge on any atom is -0.454 e. The van der Waals surface area contributed by atoms with Crippen molar-refractivity contribution in [1.29, 1.82) is 0 Å². The highest BCUT2D eigenvalue weighted by Crippen LogP contribution is 2.36. The second-order valence-electron chi connectivity index (χ2n) is 7.65. The maximum Gasteiger partial charge on any atom is 0.288 e. The summed E-state index contributed by atoms with van der Waals surface area (Å²) < 4.78 is 10.7. The van der Waals surface area contributed by atoms with E-state index in [0.29, 0.717) is 11.8 Å². The molecule has 8 nitrogen and oxygen atoms in total. The summed E-state index contributed by atoms with van der Waals surface area (Å²) in [5.41, 5.74) is 3.87. The molecule has 2 heterocycles. The molecule has 0 saturated carbocycles. The highest BCUT2D eigenvalue weighted by Gasteiger charge is 2.57. The number of aromatic amines is 1. The smallest absolute Gasteiger partial charge is 0.288 e. The van der Waals surface area contributed by atoms with E-state index in [1.54, 1.807) is 12.1 Å². The van der Waals surface area contributed by atoms with Crippen molar-refractivity contribution < 1.29 is 35.0 Å². The summed E-state index contributed by atoms with van der Waals surface area (Å²) >= 11 is 0. The summed E-state index contributed by atoms with van der Waals surface area (Å²) in [7, 11) is 0. The molecule has 3 aromatic rings. The van der Waals surface area contributed by atoms with Crippen molar-refractivity contribution in [2.45, 2.75) is 43.7 Å². The van der Waals surface area contributed by atoms with Crippen LogP contribution in [0.5, 0.6) is 5.75 Å². The molecule has 1 aromatic heterocycles. The Labute approximate surface area is 172 Å². The SMILES string of the molecule is Cc1ccc(Cc2c[nH]c3cccc(O[C@]4(O)[C@@H](O)O[C@H](CO)[C@@H](O)[C@@H]4O)c23)cc1. The average molecular weight is 415 g/mol. The summed E-state index contributed by atoms with van der Waals surface area (Å²) in [4.78, 5) is 3.16. The van der Waals surface area contributed by atoms with Crippen LogP contribution in [-0.2, 0) is 11.2 Å². The van der Waals surface area contributed by atoms with E-state index < -0.39 is 37.0 Å². The van der Waals surface area contributed by atoms with E-state index >= 15 is 0 Å². The molecule has 5 atom stereocenters. The first kappa shape index (κ1) is 20.8. The molecule has 6 N–H and O–H groups in total. The summed E-state index contributed by atoms with van der Waals surface area (Å²) in [5, 5.41) is 51.5. The van der Waals surface area contributed by atoms with Gasteiger partial charge in [0.15, 0.2) is 6.10 Å². The third-order valence-corrected chi connectivity index (χ3v) is 5.50. The fraction of sp³-hybridized carbons (Fsp3) is 0.364. The lowest BCUT2D eigenvalue weighted by Crippen LogP contribution is -2.69. The summed E-state index contributed by atoms with van der Waals surface area (Å²) in [6, 6.07) is 13.2. The van der Waals surface area contributed by atoms with E-state index in [1.165, 1.54) is 0 Å². The quantitative estimate of drug-likeness (QED) is 0.335. The van der Waals surface area contributed by atoms with Gasteiger partial charge in [0.05, 0.1) is 6.61 Å². The van der Waals surface area contributed by atoms with Crippen LogP contribution in [0.1, 0.15) is 16.7 Å². The van der Waals surface area contributed by atoms with Gasteiger partial charge in [0, 0.05) is 17.1 Å². The zero-order valence-electron chi connectivity index (χ0n) is 16.4. The van der Waals surface area contributed by atoms with Crippen LogP contribution in [0, 0.1) is 6.92 Å². The Morgan fingerprint density at radius 2 is 1.83 bits per heavy atom. The standard InChI is InChI=1S/C22H25NO7/c1-12-5-7-13(8-6-12)9-14-10-23-15-3-2-4-16(18(14)15)30-22(28)20(26)19(25)17(11-24)29-21(22)27/h2-8,10,17,19-21,23-28H,9,11H2,1H3/t17-,19-,20+,21+,22+/m1/s1. The Bertz CT molecular complexity index is 1020. The molecule has 0 radical (unpaired) electrons. The van der Waals surface area contributed by atoms with Crippen LogP contribution < -0.4 is 4.74 Å². The minimum atomic E-state index is -2.63. The van der Waals surface area contributed by atoms with Crippen LogP contribution >= 0.6 is 0 Å². The zero-order valence-corrected chi connectivity index (χ0v) is 16.4. The fourth-order valence-corrected chi connectivity index (χ4v) is 3.75. The molecular formula is C22H25NO7. The number of hydrogen-bond acceptors (Lipinski definition) is 7. The molecule has 0 spiro atoms. The van der Waals surface area contributed by atoms with Gasteiger partial charge in [-0.05, 0) is 36.6 Å². The van der Waals surface area contributed by atoms with Gasteiger partial charge in [-0.2, -0.15) is 0 Å². The van der Waals surface area contributed by atoms with Gasteiger partial charge in [-0.3, -0.25) is 0 Å². The molecule has 1 aliphatic heterocycles. The zero-order chi connectivity index (χ0) is 21.5. The van der Waals surface area contributed by atoms with Crippen molar-refractivity contribution in [2.24, 2.45) is 0 Å². The Kier molecular flexibility index (Phi) is 5.54. The number of aliphatic hydroxyl groups is 5. The van der Waals surface area contributed by atoms with Crippen molar-refractivity contribution in [3.63, 3.8) is 0 Å². The predicted octanol–water partition coefficient (Wildman–Crippen LogP) is 0.566.